The molecule has 0 bridgehead atoms. The lowest BCUT2D eigenvalue weighted by Gasteiger charge is -2.24. The number of nitrogens with one attached hydrogen (secondary N) is 2. The molecular weight excluding hydrogens is 314 g/mol. The van der Waals surface area contributed by atoms with Crippen molar-refractivity contribution < 1.29 is 9.47 Å². The molecule has 5 heteroatoms. The van der Waals surface area contributed by atoms with E-state index in [9.17, 15) is 0 Å². The average molecular weight is 348 g/mol. The van der Waals surface area contributed by atoms with E-state index in [-0.39, 0.29) is 5.60 Å². The van der Waals surface area contributed by atoms with Crippen molar-refractivity contribution in [2.45, 2.75) is 57.7 Å². The van der Waals surface area contributed by atoms with Crippen LogP contribution in [0.3, 0.4) is 0 Å². The first-order chi connectivity index (χ1) is 12.0. The van der Waals surface area contributed by atoms with E-state index in [0.717, 1.165) is 24.7 Å². The Kier molecular flexibility index (Phi) is 7.56. The third-order valence-electron chi connectivity index (χ3n) is 4.69. The number of benzene rings is 1. The summed E-state index contributed by atoms with van der Waals surface area (Å²) >= 11 is 0. The van der Waals surface area contributed by atoms with E-state index in [2.05, 4.69) is 39.9 Å². The maximum atomic E-state index is 6.01. The third-order valence-corrected chi connectivity index (χ3v) is 4.69. The fourth-order valence-electron chi connectivity index (χ4n) is 2.85. The molecule has 0 heterocycles. The molecule has 0 radical (unpaired) electrons. The van der Waals surface area contributed by atoms with Crippen LogP contribution in [0.4, 0.5) is 0 Å². The van der Waals surface area contributed by atoms with Gasteiger partial charge < -0.3 is 20.1 Å². The Hall–Kier alpha value is -1.75. The molecule has 140 valence electrons. The van der Waals surface area contributed by atoms with Crippen molar-refractivity contribution in [3.63, 3.8) is 0 Å². The number of nitrogens with zero attached hydrogens (tertiary/aromatic N) is 1. The molecule has 0 saturated heterocycles. The van der Waals surface area contributed by atoms with Crippen LogP contribution in [0.2, 0.25) is 0 Å². The second kappa shape index (κ2) is 9.66. The number of hydrogen-bond acceptors (Lipinski definition) is 3. The van der Waals surface area contributed by atoms with Gasteiger partial charge in [0.25, 0.3) is 0 Å². The zero-order valence-corrected chi connectivity index (χ0v) is 16.1. The summed E-state index contributed by atoms with van der Waals surface area (Å²) in [5.74, 6) is 1.79. The van der Waals surface area contributed by atoms with E-state index in [1.165, 1.54) is 31.2 Å². The van der Waals surface area contributed by atoms with Crippen molar-refractivity contribution >= 4 is 5.96 Å². The molecule has 25 heavy (non-hydrogen) atoms. The average Bonchev–Trinajstić information content (AvgIpc) is 3.12. The second-order valence-corrected chi connectivity index (χ2v) is 7.23. The van der Waals surface area contributed by atoms with Crippen LogP contribution in [-0.4, -0.2) is 44.9 Å². The van der Waals surface area contributed by atoms with Gasteiger partial charge in [0.15, 0.2) is 5.96 Å². The molecule has 0 unspecified atom stereocenters. The van der Waals surface area contributed by atoms with Crippen molar-refractivity contribution in [3.05, 3.63) is 29.8 Å². The van der Waals surface area contributed by atoms with Crippen LogP contribution in [-0.2, 0) is 11.2 Å². The number of guanidine groups is 1. The van der Waals surface area contributed by atoms with Crippen LogP contribution < -0.4 is 15.4 Å². The lowest BCUT2D eigenvalue weighted by atomic mass is 10.1. The highest BCUT2D eigenvalue weighted by molar-refractivity contribution is 5.79. The first kappa shape index (κ1) is 19.6. The van der Waals surface area contributed by atoms with E-state index >= 15 is 0 Å². The fraction of sp³-hybridized carbons (Fsp3) is 0.650. The van der Waals surface area contributed by atoms with Crippen molar-refractivity contribution in [2.75, 3.05) is 27.2 Å². The zero-order chi connectivity index (χ0) is 18.1. The number of aliphatic imine (C=N–C) groups is 1. The number of rotatable bonds is 8. The summed E-state index contributed by atoms with van der Waals surface area (Å²) in [4.78, 5) is 4.25. The molecule has 0 aliphatic heterocycles. The Morgan fingerprint density at radius 2 is 1.84 bits per heavy atom. The first-order valence-corrected chi connectivity index (χ1v) is 9.28. The van der Waals surface area contributed by atoms with Crippen LogP contribution >= 0.6 is 0 Å². The molecule has 0 spiro atoms. The molecular formula is C20H33N3O2. The molecule has 1 fully saturated rings. The van der Waals surface area contributed by atoms with Gasteiger partial charge in [-0.15, -0.1) is 0 Å². The minimum absolute atomic E-state index is 0.216. The molecule has 2 rings (SSSR count). The summed E-state index contributed by atoms with van der Waals surface area (Å²) < 4.78 is 11.4. The topological polar surface area (TPSA) is 54.9 Å². The first-order valence-electron chi connectivity index (χ1n) is 9.28. The Morgan fingerprint density at radius 1 is 1.16 bits per heavy atom. The summed E-state index contributed by atoms with van der Waals surface area (Å²) in [6, 6.07) is 8.47. The van der Waals surface area contributed by atoms with E-state index in [1.54, 1.807) is 14.2 Å². The van der Waals surface area contributed by atoms with Crippen LogP contribution in [0.25, 0.3) is 0 Å². The van der Waals surface area contributed by atoms with Gasteiger partial charge in [-0.05, 0) is 63.6 Å². The second-order valence-electron chi connectivity index (χ2n) is 7.23. The maximum absolute atomic E-state index is 6.01. The van der Waals surface area contributed by atoms with Gasteiger partial charge in [0, 0.05) is 27.2 Å². The lowest BCUT2D eigenvalue weighted by molar-refractivity contribution is 0.0268. The molecule has 1 aliphatic rings. The van der Waals surface area contributed by atoms with Crippen molar-refractivity contribution in [3.8, 4) is 5.75 Å². The van der Waals surface area contributed by atoms with Crippen LogP contribution in [0.5, 0.6) is 5.75 Å². The molecule has 0 amide bonds. The standard InChI is InChI=1S/C20H33N3O2/c1-20(2,24-4)15-23-19(21-3)22-14-13-16-9-11-18(12-10-16)25-17-7-5-6-8-17/h9-12,17H,5-8,13-15H2,1-4H3,(H2,21,22,23). The van der Waals surface area contributed by atoms with Crippen LogP contribution in [0.15, 0.2) is 29.3 Å². The Labute approximate surface area is 152 Å². The summed E-state index contributed by atoms with van der Waals surface area (Å²) in [6.07, 6.45) is 6.34. The minimum atomic E-state index is -0.216. The molecule has 0 aromatic heterocycles. The van der Waals surface area contributed by atoms with Gasteiger partial charge in [-0.2, -0.15) is 0 Å². The van der Waals surface area contributed by atoms with Gasteiger partial charge >= 0.3 is 0 Å². The van der Waals surface area contributed by atoms with E-state index < -0.39 is 0 Å². The van der Waals surface area contributed by atoms with Gasteiger partial charge in [0.1, 0.15) is 5.75 Å². The molecule has 0 atom stereocenters. The third kappa shape index (κ3) is 6.94. The zero-order valence-electron chi connectivity index (χ0n) is 16.1. The Morgan fingerprint density at radius 3 is 2.44 bits per heavy atom. The van der Waals surface area contributed by atoms with Crippen molar-refractivity contribution in [1.29, 1.82) is 0 Å². The van der Waals surface area contributed by atoms with Gasteiger partial charge in [-0.25, -0.2) is 0 Å². The van der Waals surface area contributed by atoms with Gasteiger partial charge in [0.05, 0.1) is 11.7 Å². The van der Waals surface area contributed by atoms with E-state index in [1.807, 2.05) is 13.8 Å². The monoisotopic (exact) mass is 347 g/mol. The van der Waals surface area contributed by atoms with E-state index in [4.69, 9.17) is 9.47 Å². The molecule has 2 N–H and O–H groups in total. The SMILES string of the molecule is CN=C(NCCc1ccc(OC2CCCC2)cc1)NCC(C)(C)OC. The minimum Gasteiger partial charge on any atom is -0.490 e. The normalized spacial score (nSPS) is 16.1. The summed E-state index contributed by atoms with van der Waals surface area (Å²) in [5, 5.41) is 6.63. The fourth-order valence-corrected chi connectivity index (χ4v) is 2.85. The highest BCUT2D eigenvalue weighted by atomic mass is 16.5. The quantitative estimate of drug-likeness (QED) is 0.560. The van der Waals surface area contributed by atoms with Crippen molar-refractivity contribution in [1.82, 2.24) is 10.6 Å². The lowest BCUT2D eigenvalue weighted by Crippen LogP contribution is -2.45. The summed E-state index contributed by atoms with van der Waals surface area (Å²) in [7, 11) is 3.50. The van der Waals surface area contributed by atoms with Crippen molar-refractivity contribution in [2.24, 2.45) is 4.99 Å². The van der Waals surface area contributed by atoms with Gasteiger partial charge in [-0.1, -0.05) is 12.1 Å². The Bertz CT molecular complexity index is 534. The smallest absolute Gasteiger partial charge is 0.191 e. The predicted octanol–water partition coefficient (Wildman–Crippen LogP) is 3.14. The molecule has 1 aliphatic carbocycles. The number of hydrogen-bond donors (Lipinski definition) is 2. The van der Waals surface area contributed by atoms with Gasteiger partial charge in [0.2, 0.25) is 0 Å². The molecule has 1 aromatic rings. The van der Waals surface area contributed by atoms with Crippen LogP contribution in [0.1, 0.15) is 45.1 Å². The molecule has 1 saturated carbocycles. The van der Waals surface area contributed by atoms with Gasteiger partial charge in [-0.3, -0.25) is 4.99 Å². The summed E-state index contributed by atoms with van der Waals surface area (Å²) in [5.41, 5.74) is 1.08. The molecule has 1 aromatic carbocycles. The largest absolute Gasteiger partial charge is 0.490 e. The number of methoxy groups -OCH3 is 1. The van der Waals surface area contributed by atoms with Crippen LogP contribution in [0, 0.1) is 0 Å². The molecule has 5 nitrogen and oxygen atoms in total. The number of ether oxygens (including phenoxy) is 2. The Balaban J connectivity index is 1.71. The predicted molar refractivity (Wildman–Crippen MR) is 103 cm³/mol. The highest BCUT2D eigenvalue weighted by Gasteiger charge is 2.17. The highest BCUT2D eigenvalue weighted by Crippen LogP contribution is 2.24. The van der Waals surface area contributed by atoms with E-state index in [0.29, 0.717) is 12.6 Å². The summed E-state index contributed by atoms with van der Waals surface area (Å²) in [6.45, 7) is 5.62. The maximum Gasteiger partial charge on any atom is 0.191 e.